The highest BCUT2D eigenvalue weighted by Crippen LogP contribution is 2.10. The molecule has 0 spiro atoms. The van der Waals surface area contributed by atoms with Crippen LogP contribution in [0.3, 0.4) is 0 Å². The summed E-state index contributed by atoms with van der Waals surface area (Å²) < 4.78 is 12.5. The molecular formula is C9H13ClFN3. The highest BCUT2D eigenvalue weighted by Gasteiger charge is 2.13. The quantitative estimate of drug-likeness (QED) is 0.788. The summed E-state index contributed by atoms with van der Waals surface area (Å²) in [6.07, 6.45) is 3.12. The molecule has 2 unspecified atom stereocenters. The van der Waals surface area contributed by atoms with Gasteiger partial charge in [0, 0.05) is 6.04 Å². The second kappa shape index (κ2) is 5.10. The molecule has 1 rings (SSSR count). The summed E-state index contributed by atoms with van der Waals surface area (Å²) >= 11 is 5.93. The first-order chi connectivity index (χ1) is 6.63. The Balaban J connectivity index is 2.63. The van der Waals surface area contributed by atoms with Crippen LogP contribution >= 0.6 is 11.6 Å². The van der Waals surface area contributed by atoms with Crippen LogP contribution in [-0.4, -0.2) is 21.4 Å². The lowest BCUT2D eigenvalue weighted by Gasteiger charge is -2.18. The molecule has 0 aliphatic heterocycles. The number of hydrogen-bond donors (Lipinski definition) is 1. The van der Waals surface area contributed by atoms with Crippen LogP contribution in [0.5, 0.6) is 0 Å². The molecule has 1 aromatic heterocycles. The molecule has 0 aromatic carbocycles. The maximum atomic E-state index is 12.5. The van der Waals surface area contributed by atoms with Crippen LogP contribution in [0, 0.1) is 5.82 Å². The van der Waals surface area contributed by atoms with E-state index in [9.17, 15) is 4.39 Å². The number of hydrogen-bond acceptors (Lipinski definition) is 3. The van der Waals surface area contributed by atoms with Gasteiger partial charge in [-0.25, -0.2) is 14.4 Å². The SMILES string of the molecule is CCC(Nc1ncc(F)cn1)C(C)Cl. The molecule has 5 heteroatoms. The molecule has 3 nitrogen and oxygen atoms in total. The molecule has 1 aromatic rings. The Hall–Kier alpha value is -0.900. The average Bonchev–Trinajstić information content (AvgIpc) is 2.16. The monoisotopic (exact) mass is 217 g/mol. The standard InChI is InChI=1S/C9H13ClFN3/c1-3-8(6(2)10)14-9-12-4-7(11)5-13-9/h4-6,8H,3H2,1-2H3,(H,12,13,14). The van der Waals surface area contributed by atoms with Gasteiger partial charge in [0.15, 0.2) is 5.82 Å². The van der Waals surface area contributed by atoms with Gasteiger partial charge >= 0.3 is 0 Å². The molecule has 0 amide bonds. The molecular weight excluding hydrogens is 205 g/mol. The summed E-state index contributed by atoms with van der Waals surface area (Å²) in [7, 11) is 0. The molecule has 0 radical (unpaired) electrons. The third-order valence-electron chi connectivity index (χ3n) is 1.93. The Labute approximate surface area is 87.7 Å². The minimum Gasteiger partial charge on any atom is -0.350 e. The lowest BCUT2D eigenvalue weighted by Crippen LogP contribution is -2.27. The highest BCUT2D eigenvalue weighted by molar-refractivity contribution is 6.21. The van der Waals surface area contributed by atoms with Gasteiger partial charge in [0.2, 0.25) is 5.95 Å². The number of aromatic nitrogens is 2. The minimum atomic E-state index is -0.442. The highest BCUT2D eigenvalue weighted by atomic mass is 35.5. The fraction of sp³-hybridized carbons (Fsp3) is 0.556. The molecule has 0 saturated heterocycles. The molecule has 0 aliphatic carbocycles. The van der Waals surface area contributed by atoms with Crippen molar-refractivity contribution in [3.63, 3.8) is 0 Å². The van der Waals surface area contributed by atoms with E-state index in [1.165, 1.54) is 0 Å². The molecule has 0 bridgehead atoms. The van der Waals surface area contributed by atoms with Gasteiger partial charge in [0.25, 0.3) is 0 Å². The molecule has 78 valence electrons. The number of alkyl halides is 1. The first kappa shape index (κ1) is 11.2. The predicted octanol–water partition coefficient (Wildman–Crippen LogP) is 2.43. The van der Waals surface area contributed by atoms with E-state index in [0.29, 0.717) is 5.95 Å². The van der Waals surface area contributed by atoms with Crippen molar-refractivity contribution in [2.45, 2.75) is 31.7 Å². The number of anilines is 1. The smallest absolute Gasteiger partial charge is 0.223 e. The second-order valence-electron chi connectivity index (χ2n) is 3.06. The zero-order valence-electron chi connectivity index (χ0n) is 8.17. The van der Waals surface area contributed by atoms with E-state index >= 15 is 0 Å². The summed E-state index contributed by atoms with van der Waals surface area (Å²) in [5.41, 5.74) is 0. The Morgan fingerprint density at radius 3 is 2.50 bits per heavy atom. The summed E-state index contributed by atoms with van der Waals surface area (Å²) in [6.45, 7) is 3.91. The Bertz CT molecular complexity index is 276. The van der Waals surface area contributed by atoms with E-state index in [4.69, 9.17) is 11.6 Å². The maximum Gasteiger partial charge on any atom is 0.223 e. The van der Waals surface area contributed by atoms with Gasteiger partial charge in [-0.3, -0.25) is 0 Å². The van der Waals surface area contributed by atoms with E-state index < -0.39 is 5.82 Å². The lowest BCUT2D eigenvalue weighted by atomic mass is 10.2. The van der Waals surface area contributed by atoms with E-state index in [1.807, 2.05) is 13.8 Å². The van der Waals surface area contributed by atoms with Gasteiger partial charge in [-0.2, -0.15) is 0 Å². The fourth-order valence-electron chi connectivity index (χ4n) is 1.09. The van der Waals surface area contributed by atoms with Crippen LogP contribution in [0.4, 0.5) is 10.3 Å². The van der Waals surface area contributed by atoms with Crippen LogP contribution in [-0.2, 0) is 0 Å². The number of nitrogens with zero attached hydrogens (tertiary/aromatic N) is 2. The Morgan fingerprint density at radius 1 is 1.50 bits per heavy atom. The fourth-order valence-corrected chi connectivity index (χ4v) is 1.34. The molecule has 14 heavy (non-hydrogen) atoms. The summed E-state index contributed by atoms with van der Waals surface area (Å²) in [6, 6.07) is 0.0992. The van der Waals surface area contributed by atoms with Crippen LogP contribution in [0.2, 0.25) is 0 Å². The van der Waals surface area contributed by atoms with Gasteiger partial charge in [-0.1, -0.05) is 6.92 Å². The largest absolute Gasteiger partial charge is 0.350 e. The van der Waals surface area contributed by atoms with Crippen molar-refractivity contribution in [2.75, 3.05) is 5.32 Å². The third kappa shape index (κ3) is 3.10. The predicted molar refractivity (Wildman–Crippen MR) is 55.0 cm³/mol. The van der Waals surface area contributed by atoms with Crippen molar-refractivity contribution in [3.05, 3.63) is 18.2 Å². The zero-order chi connectivity index (χ0) is 10.6. The van der Waals surface area contributed by atoms with Crippen LogP contribution < -0.4 is 5.32 Å². The van der Waals surface area contributed by atoms with Crippen molar-refractivity contribution in [2.24, 2.45) is 0 Å². The first-order valence-corrected chi connectivity index (χ1v) is 4.95. The Kier molecular flexibility index (Phi) is 4.07. The van der Waals surface area contributed by atoms with Gasteiger partial charge in [-0.05, 0) is 13.3 Å². The summed E-state index contributed by atoms with van der Waals surface area (Å²) in [5, 5.41) is 3.01. The second-order valence-corrected chi connectivity index (χ2v) is 3.75. The van der Waals surface area contributed by atoms with Crippen LogP contribution in [0.25, 0.3) is 0 Å². The molecule has 0 aliphatic rings. The van der Waals surface area contributed by atoms with E-state index in [2.05, 4.69) is 15.3 Å². The van der Waals surface area contributed by atoms with E-state index in [-0.39, 0.29) is 11.4 Å². The normalized spacial score (nSPS) is 14.9. The Morgan fingerprint density at radius 2 is 2.07 bits per heavy atom. The third-order valence-corrected chi connectivity index (χ3v) is 2.23. The number of halogens is 2. The van der Waals surface area contributed by atoms with Gasteiger partial charge in [0.05, 0.1) is 17.8 Å². The average molecular weight is 218 g/mol. The van der Waals surface area contributed by atoms with Crippen molar-refractivity contribution in [1.29, 1.82) is 0 Å². The number of nitrogens with one attached hydrogen (secondary N) is 1. The minimum absolute atomic E-state index is 0.0198. The maximum absolute atomic E-state index is 12.5. The van der Waals surface area contributed by atoms with Crippen molar-refractivity contribution < 1.29 is 4.39 Å². The van der Waals surface area contributed by atoms with E-state index in [1.54, 1.807) is 0 Å². The van der Waals surface area contributed by atoms with E-state index in [0.717, 1.165) is 18.8 Å². The van der Waals surface area contributed by atoms with Crippen molar-refractivity contribution >= 4 is 17.5 Å². The number of rotatable bonds is 4. The lowest BCUT2D eigenvalue weighted by molar-refractivity contribution is 0.611. The first-order valence-electron chi connectivity index (χ1n) is 4.51. The van der Waals surface area contributed by atoms with Crippen LogP contribution in [0.15, 0.2) is 12.4 Å². The van der Waals surface area contributed by atoms with Crippen molar-refractivity contribution in [1.82, 2.24) is 9.97 Å². The molecule has 0 saturated carbocycles. The van der Waals surface area contributed by atoms with Crippen LogP contribution in [0.1, 0.15) is 20.3 Å². The summed E-state index contributed by atoms with van der Waals surface area (Å²) in [5.74, 6) is -0.0340. The molecule has 1 heterocycles. The van der Waals surface area contributed by atoms with Crippen molar-refractivity contribution in [3.8, 4) is 0 Å². The van der Waals surface area contributed by atoms with Gasteiger partial charge < -0.3 is 5.32 Å². The van der Waals surface area contributed by atoms with Gasteiger partial charge in [0.1, 0.15) is 0 Å². The van der Waals surface area contributed by atoms with Gasteiger partial charge in [-0.15, -0.1) is 11.6 Å². The topological polar surface area (TPSA) is 37.8 Å². The summed E-state index contributed by atoms with van der Waals surface area (Å²) in [4.78, 5) is 7.59. The molecule has 2 atom stereocenters. The zero-order valence-corrected chi connectivity index (χ0v) is 8.92. The molecule has 0 fully saturated rings. The molecule has 1 N–H and O–H groups in total.